The molecule has 1 nitrogen and oxygen atoms in total. The fraction of sp³-hybridized carbons (Fsp3) is 0.500. The van der Waals surface area contributed by atoms with E-state index in [9.17, 15) is 0 Å². The Morgan fingerprint density at radius 3 is 2.93 bits per heavy atom. The average Bonchev–Trinajstić information content (AvgIpc) is 2.25. The highest BCUT2D eigenvalue weighted by Crippen LogP contribution is 2.29. The molecule has 1 aliphatic rings. The second-order valence-electron chi connectivity index (χ2n) is 4.61. The number of hydrogen-bond donors (Lipinski definition) is 1. The Labute approximate surface area is 90.5 Å². The van der Waals surface area contributed by atoms with Crippen molar-refractivity contribution < 1.29 is 0 Å². The van der Waals surface area contributed by atoms with Crippen LogP contribution in [0.2, 0.25) is 5.02 Å². The zero-order chi connectivity index (χ0) is 10.2. The molecule has 0 saturated heterocycles. The third-order valence-corrected chi connectivity index (χ3v) is 3.17. The standard InChI is InChI=1S/C12H16ClN/c1-12(2)8-14-6-5-9-7-10(13)3-4-11(9)12/h3-4,7,14H,5-6,8H2,1-2H3. The summed E-state index contributed by atoms with van der Waals surface area (Å²) in [7, 11) is 0. The maximum absolute atomic E-state index is 6.00. The largest absolute Gasteiger partial charge is 0.316 e. The Kier molecular flexibility index (Phi) is 2.54. The van der Waals surface area contributed by atoms with Crippen molar-refractivity contribution in [1.82, 2.24) is 5.32 Å². The molecule has 14 heavy (non-hydrogen) atoms. The van der Waals surface area contributed by atoms with Gasteiger partial charge in [0.2, 0.25) is 0 Å². The minimum Gasteiger partial charge on any atom is -0.316 e. The smallest absolute Gasteiger partial charge is 0.0408 e. The van der Waals surface area contributed by atoms with Crippen molar-refractivity contribution in [3.05, 3.63) is 34.3 Å². The predicted molar refractivity (Wildman–Crippen MR) is 61.1 cm³/mol. The number of benzene rings is 1. The lowest BCUT2D eigenvalue weighted by molar-refractivity contribution is 0.488. The quantitative estimate of drug-likeness (QED) is 0.693. The zero-order valence-electron chi connectivity index (χ0n) is 8.73. The molecule has 0 saturated carbocycles. The molecule has 2 rings (SSSR count). The third kappa shape index (κ3) is 1.79. The van der Waals surface area contributed by atoms with Crippen LogP contribution in [0.25, 0.3) is 0 Å². The molecule has 2 heteroatoms. The first-order valence-corrected chi connectivity index (χ1v) is 5.47. The number of halogens is 1. The predicted octanol–water partition coefficient (Wildman–Crippen LogP) is 2.76. The lowest BCUT2D eigenvalue weighted by Crippen LogP contribution is -2.31. The minimum absolute atomic E-state index is 0.219. The van der Waals surface area contributed by atoms with Crippen molar-refractivity contribution >= 4 is 11.6 Å². The Morgan fingerprint density at radius 1 is 1.36 bits per heavy atom. The highest BCUT2D eigenvalue weighted by Gasteiger charge is 2.25. The highest BCUT2D eigenvalue weighted by atomic mass is 35.5. The Hall–Kier alpha value is -0.530. The highest BCUT2D eigenvalue weighted by molar-refractivity contribution is 6.30. The second-order valence-corrected chi connectivity index (χ2v) is 5.05. The van der Waals surface area contributed by atoms with Gasteiger partial charge < -0.3 is 5.32 Å². The summed E-state index contributed by atoms with van der Waals surface area (Å²) in [4.78, 5) is 0. The molecule has 0 radical (unpaired) electrons. The Balaban J connectivity index is 2.50. The summed E-state index contributed by atoms with van der Waals surface area (Å²) in [6, 6.07) is 6.27. The van der Waals surface area contributed by atoms with Gasteiger partial charge in [0.15, 0.2) is 0 Å². The molecule has 1 aliphatic heterocycles. The molecule has 0 spiro atoms. The van der Waals surface area contributed by atoms with Gasteiger partial charge in [-0.1, -0.05) is 31.5 Å². The summed E-state index contributed by atoms with van der Waals surface area (Å²) in [6.07, 6.45) is 1.08. The van der Waals surface area contributed by atoms with Crippen molar-refractivity contribution in [1.29, 1.82) is 0 Å². The van der Waals surface area contributed by atoms with Crippen molar-refractivity contribution in [3.8, 4) is 0 Å². The molecule has 1 aromatic carbocycles. The van der Waals surface area contributed by atoms with Crippen molar-refractivity contribution in [2.24, 2.45) is 0 Å². The number of hydrogen-bond acceptors (Lipinski definition) is 1. The number of rotatable bonds is 0. The monoisotopic (exact) mass is 209 g/mol. The molecule has 0 fully saturated rings. The number of fused-ring (bicyclic) bond motifs is 1. The molecule has 0 amide bonds. The molecule has 1 heterocycles. The summed E-state index contributed by atoms with van der Waals surface area (Å²) in [5.74, 6) is 0. The van der Waals surface area contributed by atoms with E-state index in [1.807, 2.05) is 6.07 Å². The van der Waals surface area contributed by atoms with Crippen molar-refractivity contribution in [3.63, 3.8) is 0 Å². The van der Waals surface area contributed by atoms with Crippen LogP contribution in [0.5, 0.6) is 0 Å². The molecular weight excluding hydrogens is 194 g/mol. The van der Waals surface area contributed by atoms with E-state index < -0.39 is 0 Å². The van der Waals surface area contributed by atoms with Crippen LogP contribution in [0.4, 0.5) is 0 Å². The topological polar surface area (TPSA) is 12.0 Å². The normalized spacial score (nSPS) is 19.9. The molecule has 1 N–H and O–H groups in total. The van der Waals surface area contributed by atoms with Crippen LogP contribution in [0.15, 0.2) is 18.2 Å². The zero-order valence-corrected chi connectivity index (χ0v) is 9.49. The summed E-state index contributed by atoms with van der Waals surface area (Å²) < 4.78 is 0. The lowest BCUT2D eigenvalue weighted by Gasteiger charge is -2.25. The molecule has 0 unspecified atom stereocenters. The molecule has 0 bridgehead atoms. The lowest BCUT2D eigenvalue weighted by atomic mass is 9.82. The van der Waals surface area contributed by atoms with Gasteiger partial charge in [0, 0.05) is 17.0 Å². The van der Waals surface area contributed by atoms with Gasteiger partial charge in [-0.3, -0.25) is 0 Å². The van der Waals surface area contributed by atoms with Crippen molar-refractivity contribution in [2.45, 2.75) is 25.7 Å². The van der Waals surface area contributed by atoms with Gasteiger partial charge in [0.05, 0.1) is 0 Å². The second kappa shape index (κ2) is 3.56. The molecule has 0 aromatic heterocycles. The van der Waals surface area contributed by atoms with Gasteiger partial charge in [0.1, 0.15) is 0 Å². The van der Waals surface area contributed by atoms with Gasteiger partial charge >= 0.3 is 0 Å². The van der Waals surface area contributed by atoms with Crippen LogP contribution in [-0.2, 0) is 11.8 Å². The van der Waals surface area contributed by atoms with Crippen LogP contribution in [0.3, 0.4) is 0 Å². The van der Waals surface area contributed by atoms with E-state index in [-0.39, 0.29) is 5.41 Å². The van der Waals surface area contributed by atoms with E-state index in [1.165, 1.54) is 11.1 Å². The summed E-state index contributed by atoms with van der Waals surface area (Å²) in [6.45, 7) is 6.65. The first kappa shape index (κ1) is 10.0. The van der Waals surface area contributed by atoms with E-state index >= 15 is 0 Å². The first-order valence-electron chi connectivity index (χ1n) is 5.09. The Bertz CT molecular complexity index is 344. The van der Waals surface area contributed by atoms with Gasteiger partial charge in [-0.15, -0.1) is 0 Å². The molecule has 0 atom stereocenters. The maximum Gasteiger partial charge on any atom is 0.0408 e. The van der Waals surface area contributed by atoms with E-state index in [0.717, 1.165) is 24.5 Å². The summed E-state index contributed by atoms with van der Waals surface area (Å²) >= 11 is 6.00. The molecule has 0 aliphatic carbocycles. The van der Waals surface area contributed by atoms with Crippen molar-refractivity contribution in [2.75, 3.05) is 13.1 Å². The van der Waals surface area contributed by atoms with Crippen LogP contribution < -0.4 is 5.32 Å². The SMILES string of the molecule is CC1(C)CNCCc2cc(Cl)ccc21. The van der Waals surface area contributed by atoms with Gasteiger partial charge in [-0.2, -0.15) is 0 Å². The minimum atomic E-state index is 0.219. The van der Waals surface area contributed by atoms with Gasteiger partial charge in [-0.25, -0.2) is 0 Å². The van der Waals surface area contributed by atoms with Gasteiger partial charge in [-0.05, 0) is 36.2 Å². The molecular formula is C12H16ClN. The molecule has 76 valence electrons. The van der Waals surface area contributed by atoms with E-state index in [0.29, 0.717) is 0 Å². The van der Waals surface area contributed by atoms with E-state index in [4.69, 9.17) is 11.6 Å². The van der Waals surface area contributed by atoms with E-state index in [1.54, 1.807) is 0 Å². The summed E-state index contributed by atoms with van der Waals surface area (Å²) in [5, 5.41) is 4.31. The first-order chi connectivity index (χ1) is 6.59. The van der Waals surface area contributed by atoms with Crippen LogP contribution in [0.1, 0.15) is 25.0 Å². The number of nitrogens with one attached hydrogen (secondary N) is 1. The van der Waals surface area contributed by atoms with Gasteiger partial charge in [0.25, 0.3) is 0 Å². The average molecular weight is 210 g/mol. The summed E-state index contributed by atoms with van der Waals surface area (Å²) in [5.41, 5.74) is 3.05. The van der Waals surface area contributed by atoms with Crippen LogP contribution in [0, 0.1) is 0 Å². The fourth-order valence-electron chi connectivity index (χ4n) is 2.15. The van der Waals surface area contributed by atoms with Crippen LogP contribution >= 0.6 is 11.6 Å². The fourth-order valence-corrected chi connectivity index (χ4v) is 2.34. The maximum atomic E-state index is 6.00. The third-order valence-electron chi connectivity index (χ3n) is 2.93. The Morgan fingerprint density at radius 2 is 2.14 bits per heavy atom. The van der Waals surface area contributed by atoms with E-state index in [2.05, 4.69) is 31.3 Å². The van der Waals surface area contributed by atoms with Crippen LogP contribution in [-0.4, -0.2) is 13.1 Å². The molecule has 1 aromatic rings.